The number of aryl methyl sites for hydroxylation is 1. The van der Waals surface area contributed by atoms with Crippen LogP contribution in [0.4, 0.5) is 0 Å². The highest BCUT2D eigenvalue weighted by Crippen LogP contribution is 2.47. The number of ketones is 3. The Morgan fingerprint density at radius 3 is 1.86 bits per heavy atom. The van der Waals surface area contributed by atoms with Crippen LogP contribution in [0.3, 0.4) is 0 Å². The van der Waals surface area contributed by atoms with Crippen LogP contribution in [0.25, 0.3) is 0 Å². The van der Waals surface area contributed by atoms with E-state index in [0.717, 1.165) is 88.9 Å². The van der Waals surface area contributed by atoms with Gasteiger partial charge in [-0.25, -0.2) is 0 Å². The van der Waals surface area contributed by atoms with Gasteiger partial charge in [0.25, 0.3) is 0 Å². The Bertz CT molecular complexity index is 1570. The first-order valence-corrected chi connectivity index (χ1v) is 22.4. The Balaban J connectivity index is 1.41. The molecule has 0 aromatic heterocycles. The van der Waals surface area contributed by atoms with Gasteiger partial charge in [0, 0.05) is 49.6 Å². The average Bonchev–Trinajstić information content (AvgIpc) is 3.96. The van der Waals surface area contributed by atoms with E-state index < -0.39 is 29.3 Å². The van der Waals surface area contributed by atoms with E-state index in [1.165, 1.54) is 0 Å². The standard InChI is InChI=1S/C49H73N3O6/c1-36(2)31-43(45(54)35-41(33-39-19-13-10-14-20-39)48(57)51-44(32-37(3)4)46(55)49(5)24-25-49)50-47(56)40(23-22-38-17-11-9-12-18-38)34-42(53)21-15-7-6-8-16-26-52-27-29-58-30-28-52/h9-14,17-20,36-37,40-41,43-44H,6-8,15-16,21-35H2,1-5H3,(H,50,56)(H,51,57)/t40?,41-,43+,44+/m1/s1. The molecule has 1 saturated carbocycles. The lowest BCUT2D eigenvalue weighted by molar-refractivity contribution is -0.135. The van der Waals surface area contributed by atoms with E-state index in [-0.39, 0.29) is 53.8 Å². The van der Waals surface area contributed by atoms with Crippen LogP contribution in [0.2, 0.25) is 0 Å². The molecule has 4 rings (SSSR count). The number of unbranched alkanes of at least 4 members (excludes halogenated alkanes) is 4. The summed E-state index contributed by atoms with van der Waals surface area (Å²) >= 11 is 0. The molecule has 0 bridgehead atoms. The number of morpholine rings is 1. The van der Waals surface area contributed by atoms with Crippen molar-refractivity contribution in [2.24, 2.45) is 29.1 Å². The molecule has 320 valence electrons. The molecule has 0 radical (unpaired) electrons. The Hall–Kier alpha value is -3.69. The van der Waals surface area contributed by atoms with Gasteiger partial charge in [0.1, 0.15) is 5.78 Å². The monoisotopic (exact) mass is 800 g/mol. The van der Waals surface area contributed by atoms with Crippen LogP contribution < -0.4 is 10.6 Å². The maximum atomic E-state index is 14.3. The molecule has 9 heteroatoms. The Morgan fingerprint density at radius 2 is 1.24 bits per heavy atom. The van der Waals surface area contributed by atoms with E-state index in [4.69, 9.17) is 4.74 Å². The normalized spacial score (nSPS) is 17.3. The maximum Gasteiger partial charge on any atom is 0.224 e. The van der Waals surface area contributed by atoms with E-state index in [2.05, 4.69) is 15.5 Å². The number of carbonyl (C=O) groups is 5. The Morgan fingerprint density at radius 1 is 0.690 bits per heavy atom. The highest BCUT2D eigenvalue weighted by molar-refractivity contribution is 5.97. The predicted octanol–water partition coefficient (Wildman–Crippen LogP) is 8.12. The van der Waals surface area contributed by atoms with E-state index >= 15 is 0 Å². The molecule has 1 aliphatic heterocycles. The molecular formula is C49H73N3O6. The number of amides is 2. The van der Waals surface area contributed by atoms with Crippen molar-refractivity contribution in [2.45, 2.75) is 143 Å². The van der Waals surface area contributed by atoms with Crippen LogP contribution in [0.15, 0.2) is 60.7 Å². The zero-order chi connectivity index (χ0) is 41.9. The molecule has 2 aromatic carbocycles. The minimum Gasteiger partial charge on any atom is -0.379 e. The zero-order valence-electron chi connectivity index (χ0n) is 36.3. The molecule has 2 fully saturated rings. The molecule has 0 spiro atoms. The summed E-state index contributed by atoms with van der Waals surface area (Å²) in [6, 6.07) is 18.2. The van der Waals surface area contributed by atoms with Crippen molar-refractivity contribution in [1.82, 2.24) is 15.5 Å². The summed E-state index contributed by atoms with van der Waals surface area (Å²) in [5.74, 6) is -1.63. The summed E-state index contributed by atoms with van der Waals surface area (Å²) in [4.78, 5) is 72.0. The molecule has 9 nitrogen and oxygen atoms in total. The number of ether oxygens (including phenoxy) is 1. The van der Waals surface area contributed by atoms with Gasteiger partial charge in [0.05, 0.1) is 25.3 Å². The second-order valence-electron chi connectivity index (χ2n) is 18.3. The van der Waals surface area contributed by atoms with E-state index in [9.17, 15) is 24.0 Å². The molecule has 2 amide bonds. The lowest BCUT2D eigenvalue weighted by Gasteiger charge is -2.27. The number of hydrogen-bond donors (Lipinski definition) is 2. The fourth-order valence-corrected chi connectivity index (χ4v) is 8.12. The third-order valence-electron chi connectivity index (χ3n) is 12.0. The van der Waals surface area contributed by atoms with Crippen LogP contribution in [0.1, 0.15) is 129 Å². The van der Waals surface area contributed by atoms with Crippen LogP contribution in [-0.4, -0.2) is 79.0 Å². The predicted molar refractivity (Wildman–Crippen MR) is 231 cm³/mol. The van der Waals surface area contributed by atoms with Gasteiger partial charge in [-0.05, 0) is 87.3 Å². The number of nitrogens with zero attached hydrogens (tertiary/aromatic N) is 1. The van der Waals surface area contributed by atoms with Gasteiger partial charge in [0.2, 0.25) is 11.8 Å². The van der Waals surface area contributed by atoms with Crippen molar-refractivity contribution in [3.8, 4) is 0 Å². The van der Waals surface area contributed by atoms with Crippen LogP contribution >= 0.6 is 0 Å². The lowest BCUT2D eigenvalue weighted by Crippen LogP contribution is -2.49. The van der Waals surface area contributed by atoms with Crippen molar-refractivity contribution < 1.29 is 28.7 Å². The van der Waals surface area contributed by atoms with Crippen LogP contribution in [0.5, 0.6) is 0 Å². The van der Waals surface area contributed by atoms with Gasteiger partial charge in [0.15, 0.2) is 11.6 Å². The van der Waals surface area contributed by atoms with Gasteiger partial charge < -0.3 is 15.4 Å². The largest absolute Gasteiger partial charge is 0.379 e. The lowest BCUT2D eigenvalue weighted by atomic mass is 9.87. The van der Waals surface area contributed by atoms with Gasteiger partial charge in [-0.3, -0.25) is 28.9 Å². The molecule has 1 unspecified atom stereocenters. The number of Topliss-reactive ketones (excluding diaryl/α,β-unsaturated/α-hetero) is 3. The first-order chi connectivity index (χ1) is 27.8. The van der Waals surface area contributed by atoms with E-state index in [0.29, 0.717) is 38.5 Å². The summed E-state index contributed by atoms with van der Waals surface area (Å²) in [6.07, 6.45) is 9.79. The first kappa shape index (κ1) is 47.0. The molecule has 2 aliphatic rings. The average molecular weight is 800 g/mol. The smallest absolute Gasteiger partial charge is 0.224 e. The minimum atomic E-state index is -0.802. The SMILES string of the molecule is CC(C)C[C@H](NC(=O)C(CCc1ccccc1)CC(=O)CCCCCCCN1CCOCC1)C(=O)C[C@@H](Cc1ccccc1)C(=O)N[C@@H](CC(C)C)C(=O)C1(C)CC1. The Kier molecular flexibility index (Phi) is 19.8. The van der Waals surface area contributed by atoms with Crippen molar-refractivity contribution in [3.05, 3.63) is 71.8 Å². The number of nitrogens with one attached hydrogen (secondary N) is 2. The molecule has 2 aromatic rings. The number of benzene rings is 2. The molecular weight excluding hydrogens is 727 g/mol. The topological polar surface area (TPSA) is 122 Å². The van der Waals surface area contributed by atoms with Crippen LogP contribution in [0, 0.1) is 29.1 Å². The van der Waals surface area contributed by atoms with E-state index in [1.807, 2.05) is 95.3 Å². The summed E-state index contributed by atoms with van der Waals surface area (Å²) in [5.41, 5.74) is 1.62. The zero-order valence-corrected chi connectivity index (χ0v) is 36.3. The summed E-state index contributed by atoms with van der Waals surface area (Å²) in [5, 5.41) is 6.18. The fraction of sp³-hybridized carbons (Fsp3) is 0.653. The number of carbonyl (C=O) groups excluding carboxylic acids is 5. The Labute approximate surface area is 349 Å². The quantitative estimate of drug-likeness (QED) is 0.0835. The van der Waals surface area contributed by atoms with Crippen molar-refractivity contribution >= 4 is 29.2 Å². The second kappa shape index (κ2) is 24.4. The highest BCUT2D eigenvalue weighted by Gasteiger charge is 2.48. The van der Waals surface area contributed by atoms with Crippen molar-refractivity contribution in [3.63, 3.8) is 0 Å². The second-order valence-corrected chi connectivity index (χ2v) is 18.3. The van der Waals surface area contributed by atoms with Crippen LogP contribution in [-0.2, 0) is 41.6 Å². The maximum absolute atomic E-state index is 14.3. The number of hydrogen-bond acceptors (Lipinski definition) is 7. The fourth-order valence-electron chi connectivity index (χ4n) is 8.12. The number of rotatable bonds is 28. The summed E-state index contributed by atoms with van der Waals surface area (Å²) in [6.45, 7) is 14.8. The third-order valence-corrected chi connectivity index (χ3v) is 12.0. The molecule has 1 aliphatic carbocycles. The van der Waals surface area contributed by atoms with E-state index in [1.54, 1.807) is 0 Å². The first-order valence-electron chi connectivity index (χ1n) is 22.4. The molecule has 1 heterocycles. The summed E-state index contributed by atoms with van der Waals surface area (Å²) < 4.78 is 5.44. The minimum absolute atomic E-state index is 0.0693. The summed E-state index contributed by atoms with van der Waals surface area (Å²) in [7, 11) is 0. The van der Waals surface area contributed by atoms with Gasteiger partial charge in [-0.15, -0.1) is 0 Å². The highest BCUT2D eigenvalue weighted by atomic mass is 16.5. The van der Waals surface area contributed by atoms with Gasteiger partial charge in [-0.2, -0.15) is 0 Å². The van der Waals surface area contributed by atoms with Gasteiger partial charge in [-0.1, -0.05) is 115 Å². The molecule has 4 atom stereocenters. The third kappa shape index (κ3) is 16.9. The molecule has 1 saturated heterocycles. The van der Waals surface area contributed by atoms with Gasteiger partial charge >= 0.3 is 0 Å². The van der Waals surface area contributed by atoms with Crippen molar-refractivity contribution in [1.29, 1.82) is 0 Å². The molecule has 58 heavy (non-hydrogen) atoms. The van der Waals surface area contributed by atoms with Crippen molar-refractivity contribution in [2.75, 3.05) is 32.8 Å². The molecule has 2 N–H and O–H groups in total.